The van der Waals surface area contributed by atoms with Crippen LogP contribution < -0.4 is 5.73 Å². The van der Waals surface area contributed by atoms with E-state index in [1.54, 1.807) is 6.92 Å². The van der Waals surface area contributed by atoms with Gasteiger partial charge in [0, 0.05) is 26.6 Å². The number of carbonyl (C=O) groups is 2. The molecule has 5 nitrogen and oxygen atoms in total. The minimum atomic E-state index is -0.148. The molecule has 2 aliphatic rings. The molecule has 24 heavy (non-hydrogen) atoms. The molecule has 1 aromatic rings. The van der Waals surface area contributed by atoms with Crippen molar-refractivity contribution in [3.63, 3.8) is 0 Å². The van der Waals surface area contributed by atoms with Crippen LogP contribution in [0.5, 0.6) is 0 Å². The van der Waals surface area contributed by atoms with Crippen molar-refractivity contribution in [3.8, 4) is 0 Å². The minimum absolute atomic E-state index is 0.0282. The van der Waals surface area contributed by atoms with Gasteiger partial charge in [-0.25, -0.2) is 0 Å². The van der Waals surface area contributed by atoms with Gasteiger partial charge in [0.05, 0.1) is 12.5 Å². The highest BCUT2D eigenvalue weighted by atomic mass is 16.2. The molecule has 2 aliphatic heterocycles. The van der Waals surface area contributed by atoms with E-state index >= 15 is 0 Å². The molecule has 2 heterocycles. The minimum Gasteiger partial charge on any atom is -0.342 e. The maximum Gasteiger partial charge on any atom is 0.225 e. The zero-order chi connectivity index (χ0) is 17.3. The summed E-state index contributed by atoms with van der Waals surface area (Å²) < 4.78 is 0. The lowest BCUT2D eigenvalue weighted by Gasteiger charge is -2.37. The van der Waals surface area contributed by atoms with Crippen molar-refractivity contribution in [3.05, 3.63) is 35.4 Å². The summed E-state index contributed by atoms with van der Waals surface area (Å²) >= 11 is 0. The number of nitrogens with zero attached hydrogens (tertiary/aromatic N) is 2. The first-order valence-corrected chi connectivity index (χ1v) is 8.76. The number of nitrogens with two attached hydrogens (primary N) is 1. The van der Waals surface area contributed by atoms with E-state index in [-0.39, 0.29) is 23.3 Å². The predicted molar refractivity (Wildman–Crippen MR) is 93.2 cm³/mol. The molecule has 2 atom stereocenters. The second-order valence-electron chi connectivity index (χ2n) is 7.46. The third kappa shape index (κ3) is 3.18. The van der Waals surface area contributed by atoms with Crippen LogP contribution in [0.1, 0.15) is 43.9 Å². The molecule has 1 fully saturated rings. The zero-order valence-corrected chi connectivity index (χ0v) is 14.6. The summed E-state index contributed by atoms with van der Waals surface area (Å²) in [5.74, 6) is 0.163. The molecule has 5 heteroatoms. The molecule has 1 aromatic carbocycles. The van der Waals surface area contributed by atoms with Gasteiger partial charge in [-0.1, -0.05) is 31.2 Å². The largest absolute Gasteiger partial charge is 0.342 e. The number of fused-ring (bicyclic) bond motifs is 1. The first kappa shape index (κ1) is 17.0. The van der Waals surface area contributed by atoms with Crippen LogP contribution in [0.4, 0.5) is 0 Å². The van der Waals surface area contributed by atoms with E-state index in [1.165, 1.54) is 5.56 Å². The molecule has 0 bridgehead atoms. The molecule has 0 aromatic heterocycles. The van der Waals surface area contributed by atoms with Crippen LogP contribution in [0.25, 0.3) is 0 Å². The molecule has 2 N–H and O–H groups in total. The van der Waals surface area contributed by atoms with Crippen LogP contribution in [-0.2, 0) is 16.0 Å². The fraction of sp³-hybridized carbons (Fsp3) is 0.579. The number of benzene rings is 1. The number of likely N-dealkylation sites (tertiary alicyclic amines) is 1. The van der Waals surface area contributed by atoms with Gasteiger partial charge in [0.15, 0.2) is 0 Å². The normalized spacial score (nSPS) is 26.4. The Morgan fingerprint density at radius 2 is 2.04 bits per heavy atom. The monoisotopic (exact) mass is 329 g/mol. The van der Waals surface area contributed by atoms with E-state index in [0.717, 1.165) is 31.5 Å². The first-order valence-electron chi connectivity index (χ1n) is 8.76. The number of hydrogen-bond donors (Lipinski definition) is 1. The molecular formula is C19H27N3O2. The highest BCUT2D eigenvalue weighted by Crippen LogP contribution is 2.34. The van der Waals surface area contributed by atoms with E-state index in [9.17, 15) is 9.59 Å². The SMILES string of the molecule is CC(=O)N1CCc2ccccc2C1CC(=O)N1CCC(C)(CN)C1. The number of hydrogen-bond acceptors (Lipinski definition) is 3. The van der Waals surface area contributed by atoms with Gasteiger partial charge in [-0.3, -0.25) is 9.59 Å². The molecule has 0 spiro atoms. The van der Waals surface area contributed by atoms with Crippen molar-refractivity contribution in [1.82, 2.24) is 9.80 Å². The summed E-state index contributed by atoms with van der Waals surface area (Å²) in [5, 5.41) is 0. The molecule has 2 unspecified atom stereocenters. The summed E-state index contributed by atoms with van der Waals surface area (Å²) in [5.41, 5.74) is 8.25. The van der Waals surface area contributed by atoms with E-state index in [2.05, 4.69) is 19.1 Å². The van der Waals surface area contributed by atoms with Crippen LogP contribution in [0.2, 0.25) is 0 Å². The second-order valence-corrected chi connectivity index (χ2v) is 7.46. The van der Waals surface area contributed by atoms with Gasteiger partial charge >= 0.3 is 0 Å². The maximum absolute atomic E-state index is 12.8. The molecule has 0 radical (unpaired) electrons. The van der Waals surface area contributed by atoms with E-state index < -0.39 is 0 Å². The van der Waals surface area contributed by atoms with Gasteiger partial charge in [0.2, 0.25) is 11.8 Å². The lowest BCUT2D eigenvalue weighted by molar-refractivity contribution is -0.136. The van der Waals surface area contributed by atoms with Crippen molar-refractivity contribution < 1.29 is 9.59 Å². The summed E-state index contributed by atoms with van der Waals surface area (Å²) in [7, 11) is 0. The lowest BCUT2D eigenvalue weighted by atomic mass is 9.89. The van der Waals surface area contributed by atoms with Crippen LogP contribution in [0.15, 0.2) is 24.3 Å². The van der Waals surface area contributed by atoms with E-state index in [0.29, 0.717) is 19.5 Å². The molecule has 130 valence electrons. The molecule has 1 saturated heterocycles. The van der Waals surface area contributed by atoms with Gasteiger partial charge in [-0.05, 0) is 35.9 Å². The van der Waals surface area contributed by atoms with Gasteiger partial charge in [-0.15, -0.1) is 0 Å². The molecule has 2 amide bonds. The first-order chi connectivity index (χ1) is 11.4. The van der Waals surface area contributed by atoms with E-state index in [4.69, 9.17) is 5.73 Å². The fourth-order valence-electron chi connectivity index (χ4n) is 3.95. The standard InChI is InChI=1S/C19H27N3O2/c1-14(23)22-9-7-15-5-3-4-6-16(15)17(22)11-18(24)21-10-8-19(2,12-20)13-21/h3-6,17H,7-13,20H2,1-2H3. The lowest BCUT2D eigenvalue weighted by Crippen LogP contribution is -2.42. The molecular weight excluding hydrogens is 302 g/mol. The van der Waals surface area contributed by atoms with Crippen LogP contribution in [0, 0.1) is 5.41 Å². The van der Waals surface area contributed by atoms with E-state index in [1.807, 2.05) is 21.9 Å². The Morgan fingerprint density at radius 1 is 1.29 bits per heavy atom. The topological polar surface area (TPSA) is 66.6 Å². The molecule has 0 aliphatic carbocycles. The average Bonchev–Trinajstić information content (AvgIpc) is 2.98. The predicted octanol–water partition coefficient (Wildman–Crippen LogP) is 1.72. The summed E-state index contributed by atoms with van der Waals surface area (Å²) in [4.78, 5) is 28.7. The van der Waals surface area contributed by atoms with Crippen molar-refractivity contribution in [2.45, 2.75) is 39.2 Å². The third-order valence-corrected chi connectivity index (χ3v) is 5.59. The fourth-order valence-corrected chi connectivity index (χ4v) is 3.95. The second kappa shape index (κ2) is 6.55. The maximum atomic E-state index is 12.8. The zero-order valence-electron chi connectivity index (χ0n) is 14.6. The number of amides is 2. The summed E-state index contributed by atoms with van der Waals surface area (Å²) in [6, 6.07) is 8.02. The smallest absolute Gasteiger partial charge is 0.225 e. The highest BCUT2D eigenvalue weighted by Gasteiger charge is 2.37. The Labute approximate surface area is 143 Å². The summed E-state index contributed by atoms with van der Waals surface area (Å²) in [6.07, 6.45) is 2.17. The van der Waals surface area contributed by atoms with Gasteiger partial charge in [-0.2, -0.15) is 0 Å². The number of carbonyl (C=O) groups excluding carboxylic acids is 2. The van der Waals surface area contributed by atoms with Crippen LogP contribution >= 0.6 is 0 Å². The van der Waals surface area contributed by atoms with Gasteiger partial charge in [0.25, 0.3) is 0 Å². The Bertz CT molecular complexity index is 645. The van der Waals surface area contributed by atoms with Crippen molar-refractivity contribution >= 4 is 11.8 Å². The van der Waals surface area contributed by atoms with Gasteiger partial charge < -0.3 is 15.5 Å². The van der Waals surface area contributed by atoms with Crippen molar-refractivity contribution in [2.24, 2.45) is 11.1 Å². The third-order valence-electron chi connectivity index (χ3n) is 5.59. The van der Waals surface area contributed by atoms with Crippen LogP contribution in [0.3, 0.4) is 0 Å². The van der Waals surface area contributed by atoms with Crippen LogP contribution in [-0.4, -0.2) is 47.8 Å². The van der Waals surface area contributed by atoms with Crippen molar-refractivity contribution in [2.75, 3.05) is 26.2 Å². The Kier molecular flexibility index (Phi) is 4.63. The molecule has 0 saturated carbocycles. The Morgan fingerprint density at radius 3 is 2.71 bits per heavy atom. The molecule has 3 rings (SSSR count). The number of rotatable bonds is 3. The Hall–Kier alpha value is -1.88. The van der Waals surface area contributed by atoms with Crippen molar-refractivity contribution in [1.29, 1.82) is 0 Å². The Balaban J connectivity index is 1.79. The summed E-state index contributed by atoms with van der Waals surface area (Å²) in [6.45, 7) is 6.50. The quantitative estimate of drug-likeness (QED) is 0.918. The highest BCUT2D eigenvalue weighted by molar-refractivity contribution is 5.80. The average molecular weight is 329 g/mol. The van der Waals surface area contributed by atoms with Gasteiger partial charge in [0.1, 0.15) is 0 Å².